The number of benzene rings is 1. The fourth-order valence-electron chi connectivity index (χ4n) is 3.16. The van der Waals surface area contributed by atoms with Gasteiger partial charge in [0.15, 0.2) is 0 Å². The van der Waals surface area contributed by atoms with Crippen molar-refractivity contribution in [2.75, 3.05) is 7.05 Å². The average Bonchev–Trinajstić information content (AvgIpc) is 3.06. The van der Waals surface area contributed by atoms with Gasteiger partial charge in [-0.2, -0.15) is 0 Å². The SMILES string of the molecule is Cc1ccc2nc(CN(C)C(C)c3cc4ccccc4o3)cc(=O)n2c1. The predicted molar refractivity (Wildman–Crippen MR) is 102 cm³/mol. The van der Waals surface area contributed by atoms with Crippen molar-refractivity contribution >= 4 is 16.6 Å². The summed E-state index contributed by atoms with van der Waals surface area (Å²) in [6, 6.07) is 15.6. The van der Waals surface area contributed by atoms with Crippen molar-refractivity contribution < 1.29 is 4.42 Å². The Morgan fingerprint density at radius 2 is 2.00 bits per heavy atom. The smallest absolute Gasteiger partial charge is 0.258 e. The molecule has 3 aromatic heterocycles. The number of aromatic nitrogens is 2. The van der Waals surface area contributed by atoms with Crippen LogP contribution in [0.3, 0.4) is 0 Å². The van der Waals surface area contributed by atoms with Crippen LogP contribution in [0.25, 0.3) is 16.6 Å². The molecule has 4 aromatic rings. The maximum absolute atomic E-state index is 12.4. The van der Waals surface area contributed by atoms with Gasteiger partial charge in [0.05, 0.1) is 11.7 Å². The monoisotopic (exact) mass is 347 g/mol. The number of rotatable bonds is 4. The largest absolute Gasteiger partial charge is 0.459 e. The molecule has 4 rings (SSSR count). The van der Waals surface area contributed by atoms with Crippen molar-refractivity contribution in [2.45, 2.75) is 26.4 Å². The van der Waals surface area contributed by atoms with E-state index in [1.165, 1.54) is 0 Å². The van der Waals surface area contributed by atoms with E-state index in [0.717, 1.165) is 28.0 Å². The summed E-state index contributed by atoms with van der Waals surface area (Å²) in [6.45, 7) is 4.62. The second-order valence-electron chi connectivity index (χ2n) is 6.80. The maximum atomic E-state index is 12.4. The quantitative estimate of drug-likeness (QED) is 0.561. The topological polar surface area (TPSA) is 50.8 Å². The summed E-state index contributed by atoms with van der Waals surface area (Å²) in [6.07, 6.45) is 1.81. The highest BCUT2D eigenvalue weighted by Gasteiger charge is 2.17. The van der Waals surface area contributed by atoms with E-state index in [2.05, 4.69) is 22.9 Å². The zero-order valence-electron chi connectivity index (χ0n) is 15.1. The molecule has 0 saturated heterocycles. The van der Waals surface area contributed by atoms with Gasteiger partial charge in [-0.1, -0.05) is 24.3 Å². The molecule has 5 nitrogen and oxygen atoms in total. The van der Waals surface area contributed by atoms with Gasteiger partial charge in [0.2, 0.25) is 0 Å². The molecule has 0 bridgehead atoms. The fraction of sp³-hybridized carbons (Fsp3) is 0.238. The van der Waals surface area contributed by atoms with Gasteiger partial charge in [0.25, 0.3) is 5.56 Å². The fourth-order valence-corrected chi connectivity index (χ4v) is 3.16. The molecule has 0 fully saturated rings. The summed E-state index contributed by atoms with van der Waals surface area (Å²) in [5.41, 5.74) is 3.29. The number of nitrogens with zero attached hydrogens (tertiary/aromatic N) is 3. The van der Waals surface area contributed by atoms with Crippen LogP contribution in [0, 0.1) is 6.92 Å². The Labute approximate surface area is 151 Å². The Bertz CT molecular complexity index is 1110. The first-order valence-electron chi connectivity index (χ1n) is 8.69. The number of aryl methyl sites for hydroxylation is 1. The van der Waals surface area contributed by atoms with E-state index < -0.39 is 0 Å². The standard InChI is InChI=1S/C21H21N3O2/c1-14-8-9-20-22-17(11-21(25)24(20)12-14)13-23(3)15(2)19-10-16-6-4-5-7-18(16)26-19/h4-12,15H,13H2,1-3H3. The van der Waals surface area contributed by atoms with Crippen molar-refractivity contribution in [3.05, 3.63) is 82.1 Å². The average molecular weight is 347 g/mol. The van der Waals surface area contributed by atoms with Crippen LogP contribution in [-0.4, -0.2) is 21.3 Å². The number of hydrogen-bond donors (Lipinski definition) is 0. The van der Waals surface area contributed by atoms with E-state index in [1.807, 2.05) is 56.6 Å². The van der Waals surface area contributed by atoms with E-state index in [-0.39, 0.29) is 11.6 Å². The predicted octanol–water partition coefficient (Wildman–Crippen LogP) is 3.94. The summed E-state index contributed by atoms with van der Waals surface area (Å²) in [5.74, 6) is 0.904. The number of hydrogen-bond acceptors (Lipinski definition) is 4. The third kappa shape index (κ3) is 3.02. The third-order valence-corrected chi connectivity index (χ3v) is 4.79. The van der Waals surface area contributed by atoms with Crippen molar-refractivity contribution in [1.82, 2.24) is 14.3 Å². The number of furan rings is 1. The molecule has 26 heavy (non-hydrogen) atoms. The highest BCUT2D eigenvalue weighted by atomic mass is 16.3. The Hall–Kier alpha value is -2.92. The molecule has 132 valence electrons. The van der Waals surface area contributed by atoms with E-state index in [1.54, 1.807) is 10.5 Å². The first kappa shape index (κ1) is 16.5. The minimum Gasteiger partial charge on any atom is -0.459 e. The van der Waals surface area contributed by atoms with E-state index in [4.69, 9.17) is 4.42 Å². The second-order valence-corrected chi connectivity index (χ2v) is 6.80. The molecule has 0 spiro atoms. The van der Waals surface area contributed by atoms with Crippen LogP contribution in [0.2, 0.25) is 0 Å². The van der Waals surface area contributed by atoms with Gasteiger partial charge in [-0.25, -0.2) is 4.98 Å². The maximum Gasteiger partial charge on any atom is 0.258 e. The Morgan fingerprint density at radius 3 is 2.81 bits per heavy atom. The summed E-state index contributed by atoms with van der Waals surface area (Å²) in [5, 5.41) is 1.10. The number of fused-ring (bicyclic) bond motifs is 2. The molecular formula is C21H21N3O2. The lowest BCUT2D eigenvalue weighted by atomic mass is 10.2. The number of para-hydroxylation sites is 1. The van der Waals surface area contributed by atoms with Crippen LogP contribution in [0.4, 0.5) is 0 Å². The zero-order chi connectivity index (χ0) is 18.3. The van der Waals surface area contributed by atoms with Gasteiger partial charge >= 0.3 is 0 Å². The summed E-state index contributed by atoms with van der Waals surface area (Å²) in [4.78, 5) is 19.1. The lowest BCUT2D eigenvalue weighted by molar-refractivity contribution is 0.224. The summed E-state index contributed by atoms with van der Waals surface area (Å²) < 4.78 is 7.55. The molecule has 0 N–H and O–H groups in total. The molecule has 3 heterocycles. The third-order valence-electron chi connectivity index (χ3n) is 4.79. The van der Waals surface area contributed by atoms with Crippen LogP contribution >= 0.6 is 0 Å². The van der Waals surface area contributed by atoms with Gasteiger partial charge in [-0.3, -0.25) is 14.1 Å². The molecule has 1 atom stereocenters. The normalized spacial score (nSPS) is 12.9. The molecule has 0 saturated carbocycles. The molecule has 5 heteroatoms. The highest BCUT2D eigenvalue weighted by Crippen LogP contribution is 2.27. The molecule has 0 aliphatic carbocycles. The van der Waals surface area contributed by atoms with Crippen LogP contribution in [0.1, 0.15) is 30.0 Å². The van der Waals surface area contributed by atoms with Gasteiger partial charge in [-0.05, 0) is 44.7 Å². The first-order chi connectivity index (χ1) is 12.5. The second kappa shape index (κ2) is 6.42. The Morgan fingerprint density at radius 1 is 1.19 bits per heavy atom. The van der Waals surface area contributed by atoms with E-state index in [9.17, 15) is 4.79 Å². The molecule has 1 unspecified atom stereocenters. The molecule has 0 radical (unpaired) electrons. The van der Waals surface area contributed by atoms with Crippen molar-refractivity contribution in [3.63, 3.8) is 0 Å². The molecule has 1 aromatic carbocycles. The van der Waals surface area contributed by atoms with Crippen LogP contribution in [-0.2, 0) is 6.54 Å². The Balaban J connectivity index is 1.60. The van der Waals surface area contributed by atoms with Crippen LogP contribution in [0.15, 0.2) is 63.9 Å². The molecular weight excluding hydrogens is 326 g/mol. The van der Waals surface area contributed by atoms with Gasteiger partial charge in [0.1, 0.15) is 17.0 Å². The molecule has 0 amide bonds. The lowest BCUT2D eigenvalue weighted by Crippen LogP contribution is -2.24. The van der Waals surface area contributed by atoms with Crippen LogP contribution < -0.4 is 5.56 Å². The Kier molecular flexibility index (Phi) is 4.09. The minimum atomic E-state index is -0.0570. The van der Waals surface area contributed by atoms with Crippen molar-refractivity contribution in [3.8, 4) is 0 Å². The zero-order valence-corrected chi connectivity index (χ0v) is 15.1. The van der Waals surface area contributed by atoms with E-state index in [0.29, 0.717) is 12.2 Å². The van der Waals surface area contributed by atoms with Crippen molar-refractivity contribution in [2.24, 2.45) is 0 Å². The summed E-state index contributed by atoms with van der Waals surface area (Å²) >= 11 is 0. The van der Waals surface area contributed by atoms with Crippen molar-refractivity contribution in [1.29, 1.82) is 0 Å². The highest BCUT2D eigenvalue weighted by molar-refractivity contribution is 5.77. The molecule has 0 aliphatic heterocycles. The van der Waals surface area contributed by atoms with Crippen LogP contribution in [0.5, 0.6) is 0 Å². The molecule has 0 aliphatic rings. The first-order valence-corrected chi connectivity index (χ1v) is 8.69. The number of pyridine rings is 1. The van der Waals surface area contributed by atoms with Gasteiger partial charge in [0, 0.05) is 24.2 Å². The summed E-state index contributed by atoms with van der Waals surface area (Å²) in [7, 11) is 2.01. The lowest BCUT2D eigenvalue weighted by Gasteiger charge is -2.22. The van der Waals surface area contributed by atoms with E-state index >= 15 is 0 Å². The van der Waals surface area contributed by atoms with Gasteiger partial charge < -0.3 is 4.42 Å². The van der Waals surface area contributed by atoms with Gasteiger partial charge in [-0.15, -0.1) is 0 Å². The minimum absolute atomic E-state index is 0.0570.